The number of amides is 1. The lowest BCUT2D eigenvalue weighted by molar-refractivity contribution is -0.115. The molecule has 16 heavy (non-hydrogen) atoms. The second kappa shape index (κ2) is 4.79. The maximum Gasteiger partial charge on any atom is 0.341 e. The van der Waals surface area contributed by atoms with Crippen LogP contribution in [0.1, 0.15) is 16.8 Å². The number of aromatic hydroxyl groups is 1. The van der Waals surface area contributed by atoms with Crippen LogP contribution in [0.2, 0.25) is 0 Å². The average Bonchev–Trinajstić information content (AvgIpc) is 2.17. The van der Waals surface area contributed by atoms with Crippen molar-refractivity contribution in [3.63, 3.8) is 0 Å². The van der Waals surface area contributed by atoms with Gasteiger partial charge in [-0.1, -0.05) is 6.07 Å². The fourth-order valence-electron chi connectivity index (χ4n) is 1.14. The van der Waals surface area contributed by atoms with Gasteiger partial charge in [0.25, 0.3) is 0 Å². The van der Waals surface area contributed by atoms with Gasteiger partial charge in [-0.25, -0.2) is 4.79 Å². The Morgan fingerprint density at radius 3 is 2.69 bits per heavy atom. The molecule has 0 spiro atoms. The minimum absolute atomic E-state index is 0.0345. The van der Waals surface area contributed by atoms with Crippen molar-refractivity contribution in [2.45, 2.75) is 6.42 Å². The SMILES string of the molecule is N#CCC(=O)Nc1cccc(O)c1C(=O)O. The van der Waals surface area contributed by atoms with E-state index in [2.05, 4.69) is 5.32 Å². The fraction of sp³-hybridized carbons (Fsp3) is 0.100. The Kier molecular flexibility index (Phi) is 3.45. The van der Waals surface area contributed by atoms with Crippen LogP contribution in [0.25, 0.3) is 0 Å². The summed E-state index contributed by atoms with van der Waals surface area (Å²) < 4.78 is 0. The van der Waals surface area contributed by atoms with Gasteiger partial charge in [-0.2, -0.15) is 5.26 Å². The third-order valence-corrected chi connectivity index (χ3v) is 1.77. The lowest BCUT2D eigenvalue weighted by Gasteiger charge is -2.07. The van der Waals surface area contributed by atoms with Gasteiger partial charge in [-0.05, 0) is 12.1 Å². The van der Waals surface area contributed by atoms with E-state index in [1.165, 1.54) is 18.2 Å². The number of carbonyl (C=O) groups excluding carboxylic acids is 1. The second-order valence-corrected chi connectivity index (χ2v) is 2.89. The number of benzene rings is 1. The third-order valence-electron chi connectivity index (χ3n) is 1.77. The lowest BCUT2D eigenvalue weighted by atomic mass is 10.1. The van der Waals surface area contributed by atoms with Gasteiger partial charge in [-0.3, -0.25) is 4.79 Å². The van der Waals surface area contributed by atoms with Gasteiger partial charge in [0.2, 0.25) is 5.91 Å². The molecule has 1 rings (SSSR count). The predicted molar refractivity (Wildman–Crippen MR) is 53.9 cm³/mol. The summed E-state index contributed by atoms with van der Waals surface area (Å²) in [6.45, 7) is 0. The van der Waals surface area contributed by atoms with Gasteiger partial charge >= 0.3 is 5.97 Å². The number of carboxylic acids is 1. The summed E-state index contributed by atoms with van der Waals surface area (Å²) in [5.74, 6) is -2.43. The Morgan fingerprint density at radius 2 is 2.12 bits per heavy atom. The van der Waals surface area contributed by atoms with Gasteiger partial charge in [0.05, 0.1) is 11.8 Å². The highest BCUT2D eigenvalue weighted by atomic mass is 16.4. The molecule has 0 aliphatic carbocycles. The molecule has 0 saturated heterocycles. The Labute approximate surface area is 90.7 Å². The maximum absolute atomic E-state index is 11.1. The number of hydrogen-bond acceptors (Lipinski definition) is 4. The number of hydrogen-bond donors (Lipinski definition) is 3. The van der Waals surface area contributed by atoms with E-state index in [1.54, 1.807) is 6.07 Å². The van der Waals surface area contributed by atoms with E-state index in [1.807, 2.05) is 0 Å². The summed E-state index contributed by atoms with van der Waals surface area (Å²) in [5, 5.41) is 28.6. The van der Waals surface area contributed by atoms with Crippen molar-refractivity contribution in [2.24, 2.45) is 0 Å². The topological polar surface area (TPSA) is 110 Å². The third kappa shape index (κ3) is 2.48. The molecule has 1 aromatic rings. The molecule has 0 aromatic heterocycles. The molecule has 0 aliphatic rings. The first-order valence-electron chi connectivity index (χ1n) is 4.28. The summed E-state index contributed by atoms with van der Waals surface area (Å²) in [6.07, 6.45) is -0.380. The molecule has 0 aliphatic heterocycles. The molecule has 6 heteroatoms. The van der Waals surface area contributed by atoms with Gasteiger partial charge < -0.3 is 15.5 Å². The number of nitrogens with one attached hydrogen (secondary N) is 1. The molecular weight excluding hydrogens is 212 g/mol. The largest absolute Gasteiger partial charge is 0.507 e. The average molecular weight is 220 g/mol. The number of nitrogens with zero attached hydrogens (tertiary/aromatic N) is 1. The van der Waals surface area contributed by atoms with Crippen LogP contribution < -0.4 is 5.32 Å². The standard InChI is InChI=1S/C10H8N2O4/c11-5-4-8(14)12-6-2-1-3-7(13)9(6)10(15)16/h1-3,13H,4H2,(H,12,14)(H,15,16). The van der Waals surface area contributed by atoms with E-state index < -0.39 is 23.2 Å². The molecule has 0 fully saturated rings. The van der Waals surface area contributed by atoms with Crippen molar-refractivity contribution in [1.29, 1.82) is 5.26 Å². The highest BCUT2D eigenvalue weighted by Gasteiger charge is 2.16. The van der Waals surface area contributed by atoms with E-state index in [0.29, 0.717) is 0 Å². The van der Waals surface area contributed by atoms with Crippen molar-refractivity contribution in [2.75, 3.05) is 5.32 Å². The number of anilines is 1. The molecule has 0 bridgehead atoms. The van der Waals surface area contributed by atoms with Crippen molar-refractivity contribution in [3.05, 3.63) is 23.8 Å². The van der Waals surface area contributed by atoms with Crippen LogP contribution >= 0.6 is 0 Å². The quantitative estimate of drug-likeness (QED) is 0.702. The molecule has 0 heterocycles. The molecular formula is C10H8N2O4. The molecule has 1 aromatic carbocycles. The number of carbonyl (C=O) groups is 2. The van der Waals surface area contributed by atoms with E-state index in [4.69, 9.17) is 10.4 Å². The second-order valence-electron chi connectivity index (χ2n) is 2.89. The van der Waals surface area contributed by atoms with Gasteiger partial charge in [0.15, 0.2) is 0 Å². The van der Waals surface area contributed by atoms with Gasteiger partial charge in [-0.15, -0.1) is 0 Å². The van der Waals surface area contributed by atoms with Crippen LogP contribution in [0.15, 0.2) is 18.2 Å². The summed E-state index contributed by atoms with van der Waals surface area (Å²) in [7, 11) is 0. The van der Waals surface area contributed by atoms with Crippen molar-refractivity contribution in [1.82, 2.24) is 0 Å². The molecule has 3 N–H and O–H groups in total. The van der Waals surface area contributed by atoms with Gasteiger partial charge in [0, 0.05) is 0 Å². The summed E-state index contributed by atoms with van der Waals surface area (Å²) in [6, 6.07) is 5.55. The highest BCUT2D eigenvalue weighted by Crippen LogP contribution is 2.25. The molecule has 0 radical (unpaired) electrons. The number of aromatic carboxylic acids is 1. The Balaban J connectivity index is 3.05. The summed E-state index contributed by atoms with van der Waals surface area (Å²) in [5.41, 5.74) is -0.429. The highest BCUT2D eigenvalue weighted by molar-refractivity contribution is 6.02. The minimum Gasteiger partial charge on any atom is -0.507 e. The van der Waals surface area contributed by atoms with Gasteiger partial charge in [0.1, 0.15) is 17.7 Å². The first kappa shape index (κ1) is 11.5. The van der Waals surface area contributed by atoms with Crippen molar-refractivity contribution >= 4 is 17.6 Å². The predicted octanol–water partition coefficient (Wildman–Crippen LogP) is 0.943. The minimum atomic E-state index is -1.36. The first-order valence-corrected chi connectivity index (χ1v) is 4.28. The lowest BCUT2D eigenvalue weighted by Crippen LogP contribution is -2.13. The van der Waals surface area contributed by atoms with Crippen molar-refractivity contribution < 1.29 is 19.8 Å². The Morgan fingerprint density at radius 1 is 1.44 bits per heavy atom. The summed E-state index contributed by atoms with van der Waals surface area (Å²) in [4.78, 5) is 21.9. The van der Waals surface area contributed by atoms with Crippen LogP contribution in [-0.4, -0.2) is 22.1 Å². The zero-order chi connectivity index (χ0) is 12.1. The zero-order valence-corrected chi connectivity index (χ0v) is 8.10. The first-order chi connectivity index (χ1) is 7.56. The number of phenols is 1. The van der Waals surface area contributed by atoms with E-state index in [9.17, 15) is 14.7 Å². The number of rotatable bonds is 3. The zero-order valence-electron chi connectivity index (χ0n) is 8.10. The van der Waals surface area contributed by atoms with Crippen LogP contribution in [-0.2, 0) is 4.79 Å². The van der Waals surface area contributed by atoms with Crippen LogP contribution in [0, 0.1) is 11.3 Å². The van der Waals surface area contributed by atoms with Crippen LogP contribution in [0.5, 0.6) is 5.75 Å². The normalized spacial score (nSPS) is 9.19. The van der Waals surface area contributed by atoms with E-state index >= 15 is 0 Å². The molecule has 1 amide bonds. The smallest absolute Gasteiger partial charge is 0.341 e. The van der Waals surface area contributed by atoms with E-state index in [-0.39, 0.29) is 12.1 Å². The molecule has 0 unspecified atom stereocenters. The molecule has 0 atom stereocenters. The number of nitriles is 1. The molecule has 82 valence electrons. The van der Waals surface area contributed by atoms with E-state index in [0.717, 1.165) is 0 Å². The van der Waals surface area contributed by atoms with Crippen LogP contribution in [0.3, 0.4) is 0 Å². The fourth-order valence-corrected chi connectivity index (χ4v) is 1.14. The van der Waals surface area contributed by atoms with Crippen molar-refractivity contribution in [3.8, 4) is 11.8 Å². The molecule has 0 saturated carbocycles. The maximum atomic E-state index is 11.1. The monoisotopic (exact) mass is 220 g/mol. The number of carboxylic acid groups (broad SMARTS) is 1. The Hall–Kier alpha value is -2.55. The molecule has 6 nitrogen and oxygen atoms in total. The Bertz CT molecular complexity index is 476. The van der Waals surface area contributed by atoms with Crippen LogP contribution in [0.4, 0.5) is 5.69 Å². The summed E-state index contributed by atoms with van der Waals surface area (Å²) >= 11 is 0.